The van der Waals surface area contributed by atoms with E-state index in [1.807, 2.05) is 19.9 Å². The molecule has 0 saturated heterocycles. The quantitative estimate of drug-likeness (QED) is 0.443. The van der Waals surface area contributed by atoms with Gasteiger partial charge in [-0.25, -0.2) is 0 Å². The highest BCUT2D eigenvalue weighted by Gasteiger charge is 2.44. The number of Topliss-reactive ketones (excluding diaryl/α,β-unsaturated/α-hetero) is 1. The maximum absolute atomic E-state index is 12.0. The second-order valence-electron chi connectivity index (χ2n) is 7.22. The summed E-state index contributed by atoms with van der Waals surface area (Å²) in [6.45, 7) is 4.77. The van der Waals surface area contributed by atoms with Crippen LogP contribution in [0.1, 0.15) is 30.9 Å². The summed E-state index contributed by atoms with van der Waals surface area (Å²) < 4.78 is 4.96. The molecular weight excluding hydrogens is 352 g/mol. The van der Waals surface area contributed by atoms with Crippen molar-refractivity contribution >= 4 is 23.3 Å². The van der Waals surface area contributed by atoms with Crippen molar-refractivity contribution in [2.24, 2.45) is 17.8 Å². The standard InChI is InChI=1S/C19H24N2O6/c1-11-4-12(2)6-14(5-11)20-18(23)10-27-19(24)8-15-16(9-21(25)26)13(3)7-17(15)22/h4-6,13,15-16H,7-10H2,1-3H3,(H,20,23)/t13-,15-,16+/m1/s1. The summed E-state index contributed by atoms with van der Waals surface area (Å²) in [4.78, 5) is 46.4. The molecule has 1 amide bonds. The second kappa shape index (κ2) is 8.75. The third kappa shape index (κ3) is 5.87. The van der Waals surface area contributed by atoms with Gasteiger partial charge in [-0.3, -0.25) is 24.5 Å². The van der Waals surface area contributed by atoms with Crippen molar-refractivity contribution in [1.29, 1.82) is 0 Å². The molecule has 1 fully saturated rings. The van der Waals surface area contributed by atoms with Crippen LogP contribution in [-0.2, 0) is 19.1 Å². The molecule has 0 bridgehead atoms. The molecule has 1 N–H and O–H groups in total. The highest BCUT2D eigenvalue weighted by Crippen LogP contribution is 2.36. The average molecular weight is 376 g/mol. The van der Waals surface area contributed by atoms with Crippen LogP contribution >= 0.6 is 0 Å². The zero-order valence-corrected chi connectivity index (χ0v) is 15.7. The van der Waals surface area contributed by atoms with Gasteiger partial charge < -0.3 is 10.1 Å². The summed E-state index contributed by atoms with van der Waals surface area (Å²) in [5, 5.41) is 13.5. The van der Waals surface area contributed by atoms with Gasteiger partial charge in [0.05, 0.1) is 6.42 Å². The first-order valence-corrected chi connectivity index (χ1v) is 8.84. The number of nitrogens with one attached hydrogen (secondary N) is 1. The first-order chi connectivity index (χ1) is 12.7. The topological polar surface area (TPSA) is 116 Å². The minimum atomic E-state index is -0.722. The lowest BCUT2D eigenvalue weighted by molar-refractivity contribution is -0.490. The lowest BCUT2D eigenvalue weighted by Crippen LogP contribution is -2.28. The van der Waals surface area contributed by atoms with Gasteiger partial charge in [0, 0.05) is 28.9 Å². The van der Waals surface area contributed by atoms with Crippen LogP contribution in [0.15, 0.2) is 18.2 Å². The Morgan fingerprint density at radius 2 is 1.89 bits per heavy atom. The van der Waals surface area contributed by atoms with Crippen molar-refractivity contribution in [3.63, 3.8) is 0 Å². The summed E-state index contributed by atoms with van der Waals surface area (Å²) in [6, 6.07) is 5.57. The van der Waals surface area contributed by atoms with E-state index in [1.165, 1.54) is 0 Å². The Morgan fingerprint density at radius 3 is 2.48 bits per heavy atom. The number of benzene rings is 1. The number of ether oxygens (including phenoxy) is 1. The Bertz CT molecular complexity index is 740. The molecule has 8 heteroatoms. The van der Waals surface area contributed by atoms with Crippen molar-refractivity contribution in [3.8, 4) is 0 Å². The Balaban J connectivity index is 1.86. The number of hydrogen-bond acceptors (Lipinski definition) is 6. The first-order valence-electron chi connectivity index (χ1n) is 8.84. The van der Waals surface area contributed by atoms with Gasteiger partial charge in [-0.15, -0.1) is 0 Å². The van der Waals surface area contributed by atoms with E-state index in [-0.39, 0.29) is 31.1 Å². The fraction of sp³-hybridized carbons (Fsp3) is 0.526. The van der Waals surface area contributed by atoms with E-state index in [9.17, 15) is 24.5 Å². The largest absolute Gasteiger partial charge is 0.456 e. The molecule has 3 atom stereocenters. The van der Waals surface area contributed by atoms with Crippen molar-refractivity contribution in [2.45, 2.75) is 33.6 Å². The molecule has 1 aromatic rings. The molecule has 0 aliphatic heterocycles. The molecule has 2 rings (SSSR count). The number of esters is 1. The number of amides is 1. The molecule has 0 radical (unpaired) electrons. The van der Waals surface area contributed by atoms with Gasteiger partial charge in [0.15, 0.2) is 6.61 Å². The van der Waals surface area contributed by atoms with Gasteiger partial charge in [-0.05, 0) is 43.0 Å². The summed E-state index contributed by atoms with van der Waals surface area (Å²) in [5.74, 6) is -2.70. The Hall–Kier alpha value is -2.77. The van der Waals surface area contributed by atoms with E-state index in [0.717, 1.165) is 11.1 Å². The van der Waals surface area contributed by atoms with E-state index in [2.05, 4.69) is 5.32 Å². The zero-order valence-electron chi connectivity index (χ0n) is 15.7. The number of anilines is 1. The third-order valence-corrected chi connectivity index (χ3v) is 4.80. The molecule has 0 spiro atoms. The highest BCUT2D eigenvalue weighted by atomic mass is 16.6. The first kappa shape index (κ1) is 20.5. The normalized spacial score (nSPS) is 21.7. The average Bonchev–Trinajstić information content (AvgIpc) is 2.78. The highest BCUT2D eigenvalue weighted by molar-refractivity contribution is 5.93. The summed E-state index contributed by atoms with van der Waals surface area (Å²) in [5.41, 5.74) is 2.60. The minimum absolute atomic E-state index is 0.145. The van der Waals surface area contributed by atoms with Gasteiger partial charge >= 0.3 is 5.97 Å². The molecule has 8 nitrogen and oxygen atoms in total. The molecule has 1 aliphatic rings. The molecule has 1 saturated carbocycles. The Labute approximate surface area is 157 Å². The molecule has 146 valence electrons. The van der Waals surface area contributed by atoms with E-state index in [0.29, 0.717) is 5.69 Å². The van der Waals surface area contributed by atoms with Gasteiger partial charge in [-0.1, -0.05) is 13.0 Å². The van der Waals surface area contributed by atoms with Crippen molar-refractivity contribution in [3.05, 3.63) is 39.4 Å². The summed E-state index contributed by atoms with van der Waals surface area (Å²) in [7, 11) is 0. The van der Waals surface area contributed by atoms with Gasteiger partial charge in [0.1, 0.15) is 5.78 Å². The second-order valence-corrected chi connectivity index (χ2v) is 7.22. The smallest absolute Gasteiger partial charge is 0.307 e. The van der Waals surface area contributed by atoms with Crippen molar-refractivity contribution < 1.29 is 24.0 Å². The van der Waals surface area contributed by atoms with Crippen LogP contribution in [0, 0.1) is 41.7 Å². The fourth-order valence-corrected chi connectivity index (χ4v) is 3.63. The lowest BCUT2D eigenvalue weighted by atomic mass is 9.88. The third-order valence-electron chi connectivity index (χ3n) is 4.80. The number of rotatable bonds is 7. The monoisotopic (exact) mass is 376 g/mol. The van der Waals surface area contributed by atoms with Crippen LogP contribution in [0.5, 0.6) is 0 Å². The number of aryl methyl sites for hydroxylation is 2. The van der Waals surface area contributed by atoms with Crippen LogP contribution in [0.2, 0.25) is 0 Å². The fourth-order valence-electron chi connectivity index (χ4n) is 3.63. The number of hydrogen-bond donors (Lipinski definition) is 1. The maximum atomic E-state index is 12.0. The van der Waals surface area contributed by atoms with Gasteiger partial charge in [-0.2, -0.15) is 0 Å². The van der Waals surface area contributed by atoms with Gasteiger partial charge in [0.2, 0.25) is 6.54 Å². The van der Waals surface area contributed by atoms with Crippen LogP contribution in [0.25, 0.3) is 0 Å². The predicted molar refractivity (Wildman–Crippen MR) is 97.8 cm³/mol. The van der Waals surface area contributed by atoms with E-state index in [1.54, 1.807) is 19.1 Å². The van der Waals surface area contributed by atoms with Crippen LogP contribution in [-0.4, -0.2) is 35.7 Å². The maximum Gasteiger partial charge on any atom is 0.307 e. The minimum Gasteiger partial charge on any atom is -0.456 e. The number of nitro groups is 1. The van der Waals surface area contributed by atoms with E-state index < -0.39 is 35.2 Å². The van der Waals surface area contributed by atoms with Crippen LogP contribution in [0.4, 0.5) is 5.69 Å². The van der Waals surface area contributed by atoms with Gasteiger partial charge in [0.25, 0.3) is 5.91 Å². The predicted octanol–water partition coefficient (Wildman–Crippen LogP) is 2.29. The van der Waals surface area contributed by atoms with Crippen molar-refractivity contribution in [2.75, 3.05) is 18.5 Å². The Kier molecular flexibility index (Phi) is 6.65. The Morgan fingerprint density at radius 1 is 1.26 bits per heavy atom. The molecule has 1 aromatic carbocycles. The number of nitrogens with zero attached hydrogens (tertiary/aromatic N) is 1. The number of carbonyl (C=O) groups is 3. The summed E-state index contributed by atoms with van der Waals surface area (Å²) >= 11 is 0. The SMILES string of the molecule is Cc1cc(C)cc(NC(=O)COC(=O)C[C@H]2C(=O)C[C@@H](C)[C@@H]2C[N+](=O)[O-])c1. The van der Waals surface area contributed by atoms with Crippen LogP contribution < -0.4 is 5.32 Å². The van der Waals surface area contributed by atoms with E-state index in [4.69, 9.17) is 4.74 Å². The lowest BCUT2D eigenvalue weighted by Gasteiger charge is -2.17. The summed E-state index contributed by atoms with van der Waals surface area (Å²) in [6.07, 6.45) is -0.0117. The molecular formula is C19H24N2O6. The van der Waals surface area contributed by atoms with E-state index >= 15 is 0 Å². The molecule has 0 heterocycles. The number of carbonyl (C=O) groups excluding carboxylic acids is 3. The molecule has 27 heavy (non-hydrogen) atoms. The van der Waals surface area contributed by atoms with Crippen molar-refractivity contribution in [1.82, 2.24) is 0 Å². The molecule has 0 aromatic heterocycles. The number of ketones is 1. The molecule has 1 aliphatic carbocycles. The van der Waals surface area contributed by atoms with Crippen LogP contribution in [0.3, 0.4) is 0 Å². The zero-order chi connectivity index (χ0) is 20.1. The molecule has 0 unspecified atom stereocenters.